The molecule has 2 heterocycles. The van der Waals surface area contributed by atoms with E-state index in [0.717, 1.165) is 35.5 Å². The first kappa shape index (κ1) is 13.7. The maximum atomic E-state index is 12.5. The smallest absolute Gasteiger partial charge is 0.274 e. The summed E-state index contributed by atoms with van der Waals surface area (Å²) >= 11 is 0. The lowest BCUT2D eigenvalue weighted by atomic mass is 10.0. The normalized spacial score (nSPS) is 12.3. The highest BCUT2D eigenvalue weighted by Gasteiger charge is 2.29. The Morgan fingerprint density at radius 1 is 1.43 bits per heavy atom. The molecule has 0 unspecified atom stereocenters. The highest BCUT2D eigenvalue weighted by molar-refractivity contribution is 5.96. The molecule has 1 aliphatic heterocycles. The highest BCUT2D eigenvalue weighted by atomic mass is 16.5. The molecule has 1 aromatic carbocycles. The fourth-order valence-electron chi connectivity index (χ4n) is 2.77. The van der Waals surface area contributed by atoms with Crippen LogP contribution in [0.25, 0.3) is 11.3 Å². The Labute approximate surface area is 124 Å². The molecule has 0 saturated carbocycles. The minimum atomic E-state index is -0.0447. The van der Waals surface area contributed by atoms with Crippen LogP contribution >= 0.6 is 0 Å². The number of hydrogen-bond acceptors (Lipinski definition) is 3. The lowest BCUT2D eigenvalue weighted by Gasteiger charge is -2.19. The summed E-state index contributed by atoms with van der Waals surface area (Å²) in [4.78, 5) is 14.2. The van der Waals surface area contributed by atoms with E-state index in [-0.39, 0.29) is 5.91 Å². The van der Waals surface area contributed by atoms with Gasteiger partial charge in [0.05, 0.1) is 5.69 Å². The van der Waals surface area contributed by atoms with Gasteiger partial charge in [-0.05, 0) is 18.6 Å². The van der Waals surface area contributed by atoms with Crippen LogP contribution in [0.1, 0.15) is 29.4 Å². The zero-order valence-electron chi connectivity index (χ0n) is 12.6. The Morgan fingerprint density at radius 2 is 2.19 bits per heavy atom. The lowest BCUT2D eigenvalue weighted by Crippen LogP contribution is -2.29. The minimum absolute atomic E-state index is 0.0447. The molecule has 1 aliphatic rings. The molecule has 0 fully saturated rings. The predicted molar refractivity (Wildman–Crippen MR) is 80.2 cm³/mol. The summed E-state index contributed by atoms with van der Waals surface area (Å²) in [7, 11) is 3.68. The van der Waals surface area contributed by atoms with E-state index in [0.29, 0.717) is 12.3 Å². The molecule has 110 valence electrons. The number of fused-ring (bicyclic) bond motifs is 3. The molecule has 0 atom stereocenters. The van der Waals surface area contributed by atoms with Gasteiger partial charge in [-0.3, -0.25) is 9.48 Å². The molecular formula is C16H19N3O2. The number of carbonyl (C=O) groups is 1. The van der Waals surface area contributed by atoms with E-state index < -0.39 is 0 Å². The first-order valence-corrected chi connectivity index (χ1v) is 7.17. The molecule has 1 amide bonds. The third-order valence-electron chi connectivity index (χ3n) is 3.77. The summed E-state index contributed by atoms with van der Waals surface area (Å²) in [5.41, 5.74) is 3.35. The number of aryl methyl sites for hydroxylation is 1. The van der Waals surface area contributed by atoms with Crippen LogP contribution in [-0.2, 0) is 13.7 Å². The number of aromatic nitrogens is 2. The zero-order chi connectivity index (χ0) is 15.0. The van der Waals surface area contributed by atoms with Crippen LogP contribution in [0.5, 0.6) is 5.75 Å². The third-order valence-corrected chi connectivity index (χ3v) is 3.77. The van der Waals surface area contributed by atoms with Crippen LogP contribution < -0.4 is 4.74 Å². The van der Waals surface area contributed by atoms with Crippen molar-refractivity contribution in [3.05, 3.63) is 35.5 Å². The van der Waals surface area contributed by atoms with Gasteiger partial charge in [0, 0.05) is 31.8 Å². The number of nitrogens with zero attached hydrogens (tertiary/aromatic N) is 3. The summed E-state index contributed by atoms with van der Waals surface area (Å²) in [6, 6.07) is 7.85. The van der Waals surface area contributed by atoms with Gasteiger partial charge in [-0.2, -0.15) is 5.10 Å². The standard InChI is InChI=1S/C16H19N3O2/c1-4-9-18(2)16(20)14-12-10-21-13-8-6-5-7-11(13)15(12)19(3)17-14/h5-8H,4,9-10H2,1-3H3. The SMILES string of the molecule is CCCN(C)C(=O)c1nn(C)c2c1COc1ccccc1-2. The molecule has 0 aliphatic carbocycles. The average Bonchev–Trinajstić information content (AvgIpc) is 2.84. The summed E-state index contributed by atoms with van der Waals surface area (Å²) < 4.78 is 7.55. The second kappa shape index (κ2) is 5.24. The maximum absolute atomic E-state index is 12.5. The third kappa shape index (κ3) is 2.18. The van der Waals surface area contributed by atoms with E-state index in [9.17, 15) is 4.79 Å². The van der Waals surface area contributed by atoms with Gasteiger partial charge in [0.25, 0.3) is 5.91 Å². The molecule has 0 N–H and O–H groups in total. The van der Waals surface area contributed by atoms with Crippen molar-refractivity contribution in [1.29, 1.82) is 0 Å². The van der Waals surface area contributed by atoms with Crippen molar-refractivity contribution in [2.75, 3.05) is 13.6 Å². The van der Waals surface area contributed by atoms with Gasteiger partial charge in [0.2, 0.25) is 0 Å². The summed E-state index contributed by atoms with van der Waals surface area (Å²) in [5.74, 6) is 0.797. The molecular weight excluding hydrogens is 266 g/mol. The molecule has 0 bridgehead atoms. The molecule has 5 nitrogen and oxygen atoms in total. The van der Waals surface area contributed by atoms with E-state index in [1.165, 1.54) is 0 Å². The van der Waals surface area contributed by atoms with Crippen LogP contribution in [0.15, 0.2) is 24.3 Å². The van der Waals surface area contributed by atoms with E-state index in [2.05, 4.69) is 12.0 Å². The van der Waals surface area contributed by atoms with E-state index in [4.69, 9.17) is 4.74 Å². The molecule has 0 saturated heterocycles. The fourth-order valence-corrected chi connectivity index (χ4v) is 2.77. The molecule has 3 rings (SSSR count). The molecule has 21 heavy (non-hydrogen) atoms. The van der Waals surface area contributed by atoms with Crippen molar-refractivity contribution >= 4 is 5.91 Å². The summed E-state index contributed by atoms with van der Waals surface area (Å²) in [5, 5.41) is 4.44. The summed E-state index contributed by atoms with van der Waals surface area (Å²) in [6.07, 6.45) is 0.927. The Balaban J connectivity index is 2.07. The van der Waals surface area contributed by atoms with Gasteiger partial charge in [-0.15, -0.1) is 0 Å². The number of hydrogen-bond donors (Lipinski definition) is 0. The van der Waals surface area contributed by atoms with Gasteiger partial charge < -0.3 is 9.64 Å². The van der Waals surface area contributed by atoms with Crippen molar-refractivity contribution < 1.29 is 9.53 Å². The molecule has 1 aromatic heterocycles. The van der Waals surface area contributed by atoms with Crippen LogP contribution in [0.4, 0.5) is 0 Å². The highest BCUT2D eigenvalue weighted by Crippen LogP contribution is 2.38. The Hall–Kier alpha value is -2.30. The number of benzene rings is 1. The average molecular weight is 285 g/mol. The van der Waals surface area contributed by atoms with Crippen LogP contribution in [0, 0.1) is 0 Å². The topological polar surface area (TPSA) is 47.4 Å². The number of carbonyl (C=O) groups excluding carboxylic acids is 1. The first-order chi connectivity index (χ1) is 10.1. The predicted octanol–water partition coefficient (Wildman–Crippen LogP) is 2.46. The van der Waals surface area contributed by atoms with E-state index >= 15 is 0 Å². The maximum Gasteiger partial charge on any atom is 0.274 e. The Kier molecular flexibility index (Phi) is 3.41. The van der Waals surface area contributed by atoms with Crippen molar-refractivity contribution in [1.82, 2.24) is 14.7 Å². The van der Waals surface area contributed by atoms with Crippen molar-refractivity contribution in [3.8, 4) is 17.0 Å². The second-order valence-corrected chi connectivity index (χ2v) is 5.31. The van der Waals surface area contributed by atoms with Crippen LogP contribution in [0.2, 0.25) is 0 Å². The fraction of sp³-hybridized carbons (Fsp3) is 0.375. The van der Waals surface area contributed by atoms with Gasteiger partial charge in [0.15, 0.2) is 5.69 Å². The number of amides is 1. The second-order valence-electron chi connectivity index (χ2n) is 5.31. The van der Waals surface area contributed by atoms with E-state index in [1.807, 2.05) is 38.4 Å². The quantitative estimate of drug-likeness (QED) is 0.870. The van der Waals surface area contributed by atoms with Gasteiger partial charge >= 0.3 is 0 Å². The van der Waals surface area contributed by atoms with Crippen molar-refractivity contribution in [2.45, 2.75) is 20.0 Å². The lowest BCUT2D eigenvalue weighted by molar-refractivity contribution is 0.0786. The first-order valence-electron chi connectivity index (χ1n) is 7.17. The van der Waals surface area contributed by atoms with Gasteiger partial charge in [-0.25, -0.2) is 0 Å². The van der Waals surface area contributed by atoms with Crippen LogP contribution in [0.3, 0.4) is 0 Å². The van der Waals surface area contributed by atoms with Gasteiger partial charge in [-0.1, -0.05) is 19.1 Å². The molecule has 0 radical (unpaired) electrons. The summed E-state index contributed by atoms with van der Waals surface area (Å²) in [6.45, 7) is 3.17. The molecule has 0 spiro atoms. The number of rotatable bonds is 3. The molecule has 2 aromatic rings. The Bertz CT molecular complexity index is 691. The van der Waals surface area contributed by atoms with Crippen molar-refractivity contribution in [2.24, 2.45) is 7.05 Å². The van der Waals surface area contributed by atoms with Crippen LogP contribution in [-0.4, -0.2) is 34.2 Å². The molecule has 5 heteroatoms. The zero-order valence-corrected chi connectivity index (χ0v) is 12.6. The Morgan fingerprint density at radius 3 is 2.95 bits per heavy atom. The number of ether oxygens (including phenoxy) is 1. The van der Waals surface area contributed by atoms with Gasteiger partial charge in [0.1, 0.15) is 12.4 Å². The van der Waals surface area contributed by atoms with E-state index in [1.54, 1.807) is 9.58 Å². The number of para-hydroxylation sites is 1. The monoisotopic (exact) mass is 285 g/mol. The minimum Gasteiger partial charge on any atom is -0.488 e. The van der Waals surface area contributed by atoms with Crippen molar-refractivity contribution in [3.63, 3.8) is 0 Å². The largest absolute Gasteiger partial charge is 0.488 e.